The molecule has 144 heavy (non-hydrogen) atoms. The van der Waals surface area contributed by atoms with Crippen molar-refractivity contribution >= 4 is 97.0 Å². The lowest BCUT2D eigenvalue weighted by atomic mass is 9.91. The van der Waals surface area contributed by atoms with E-state index in [9.17, 15) is 0 Å². The van der Waals surface area contributed by atoms with E-state index in [-0.39, 0.29) is 0 Å². The molecule has 0 radical (unpaired) electrons. The van der Waals surface area contributed by atoms with Crippen molar-refractivity contribution in [3.05, 3.63) is 540 Å². The van der Waals surface area contributed by atoms with Gasteiger partial charge in [-0.25, -0.2) is 34.9 Å². The van der Waals surface area contributed by atoms with E-state index in [2.05, 4.69) is 443 Å². The number of hydrogen-bond donors (Lipinski definition) is 0. The molecule has 3 heterocycles. The number of rotatable bonds is 15. The molecule has 0 aliphatic heterocycles. The maximum absolute atomic E-state index is 5.14. The molecule has 0 saturated carbocycles. The summed E-state index contributed by atoms with van der Waals surface area (Å²) < 4.78 is 0. The number of nitrogens with zero attached hydrogens (tertiary/aromatic N) is 7. The van der Waals surface area contributed by atoms with Crippen molar-refractivity contribution in [2.45, 2.75) is 0 Å². The Morgan fingerprint density at radius 3 is 0.562 bits per heavy atom. The molecule has 7 heteroatoms. The van der Waals surface area contributed by atoms with Crippen molar-refractivity contribution in [1.29, 1.82) is 0 Å². The van der Waals surface area contributed by atoms with E-state index in [1.54, 1.807) is 0 Å². The van der Waals surface area contributed by atoms with Crippen LogP contribution < -0.4 is 0 Å². The van der Waals surface area contributed by atoms with Gasteiger partial charge in [0.05, 0.1) is 22.8 Å². The van der Waals surface area contributed by atoms with Crippen LogP contribution in [0.25, 0.3) is 266 Å². The molecule has 0 fully saturated rings. The first-order chi connectivity index (χ1) is 71.4. The Kier molecular flexibility index (Phi) is 23.0. The number of benzene rings is 24. The third-order valence-electron chi connectivity index (χ3n) is 27.7. The van der Waals surface area contributed by atoms with Crippen LogP contribution >= 0.6 is 0 Å². The van der Waals surface area contributed by atoms with Crippen LogP contribution in [0, 0.1) is 0 Å². The maximum atomic E-state index is 5.14. The fraction of sp³-hybridized carbons (Fsp3) is 0. The van der Waals surface area contributed by atoms with Gasteiger partial charge < -0.3 is 0 Å². The first-order valence-corrected chi connectivity index (χ1v) is 48.9. The molecule has 0 saturated heterocycles. The van der Waals surface area contributed by atoms with Crippen LogP contribution in [0.1, 0.15) is 0 Å². The van der Waals surface area contributed by atoms with E-state index in [1.807, 2.05) is 97.1 Å². The van der Waals surface area contributed by atoms with E-state index in [1.165, 1.54) is 125 Å². The normalized spacial score (nSPS) is 11.3. The Balaban J connectivity index is 0.000000113. The molecule has 0 aliphatic carbocycles. The zero-order chi connectivity index (χ0) is 95.6. The molecule has 672 valence electrons. The monoisotopic (exact) mass is 1830 g/mol. The molecule has 27 aromatic rings. The number of hydrogen-bond acceptors (Lipinski definition) is 7. The second-order valence-corrected chi connectivity index (χ2v) is 36.4. The zero-order valence-corrected chi connectivity index (χ0v) is 78.5. The van der Waals surface area contributed by atoms with E-state index in [0.717, 1.165) is 112 Å². The predicted octanol–water partition coefficient (Wildman–Crippen LogP) is 36.2. The molecule has 0 bridgehead atoms. The van der Waals surface area contributed by atoms with Gasteiger partial charge in [0.15, 0.2) is 29.1 Å². The third-order valence-corrected chi connectivity index (χ3v) is 27.7. The van der Waals surface area contributed by atoms with Gasteiger partial charge in [-0.3, -0.25) is 0 Å². The van der Waals surface area contributed by atoms with Crippen LogP contribution in [-0.2, 0) is 0 Å². The smallest absolute Gasteiger partial charge is 0.164 e. The highest BCUT2D eigenvalue weighted by molar-refractivity contribution is 6.28. The molecule has 0 aliphatic rings. The summed E-state index contributed by atoms with van der Waals surface area (Å²) in [6, 6.07) is 191. The average molecular weight is 1830 g/mol. The fourth-order valence-corrected chi connectivity index (χ4v) is 20.7. The minimum Gasteiger partial charge on any atom is -0.228 e. The van der Waals surface area contributed by atoms with Gasteiger partial charge in [-0.05, 0) is 212 Å². The summed E-state index contributed by atoms with van der Waals surface area (Å²) in [6.45, 7) is 0. The van der Waals surface area contributed by atoms with Crippen molar-refractivity contribution in [3.8, 4) is 169 Å². The Bertz CT molecular complexity index is 8420. The molecular formula is C137H89N7. The summed E-state index contributed by atoms with van der Waals surface area (Å²) in [5, 5.41) is 23.0. The first kappa shape index (κ1) is 86.4. The molecule has 7 nitrogen and oxygen atoms in total. The van der Waals surface area contributed by atoms with E-state index in [0.29, 0.717) is 29.1 Å². The van der Waals surface area contributed by atoms with Gasteiger partial charge >= 0.3 is 0 Å². The Labute approximate surface area is 834 Å². The highest BCUT2D eigenvalue weighted by atomic mass is 15.0. The van der Waals surface area contributed by atoms with E-state index in [4.69, 9.17) is 34.9 Å². The summed E-state index contributed by atoms with van der Waals surface area (Å²) in [5.74, 6) is 3.37. The minimum atomic E-state index is 0.646. The molecule has 0 amide bonds. The van der Waals surface area contributed by atoms with Crippen molar-refractivity contribution < 1.29 is 0 Å². The van der Waals surface area contributed by atoms with Gasteiger partial charge in [0.2, 0.25) is 0 Å². The van der Waals surface area contributed by atoms with Crippen LogP contribution in [0.15, 0.2) is 540 Å². The molecule has 0 N–H and O–H groups in total. The standard InChI is InChI=1S/2C46H30N2.C45H29N3/c1-3-14-31(15-4-1)44-30-45(48-46(47-44)32-16-5-2-6-17-32)42-25-12-7-20-36(42)35-19-13-18-33(28-35)34-26-27-41-39-23-9-8-21-37(39)38-22-10-11-24-40(38)43(41)29-34;1-3-14-31(15-4-1)44-30-45(32-16-5-2-6-17-32)48-46(47-44)42-25-12-7-20-36(42)35-19-13-18-33(28-35)34-26-27-41-39-23-9-8-21-37(39)38-22-10-11-24-40(38)43(41)29-34;1-3-14-30(15-4-1)43-46-44(31-16-5-2-6-17-31)48-45(47-43)41-25-12-7-20-35(41)34-19-13-18-32(28-34)33-26-27-40-38-23-9-8-21-36(38)37-22-10-11-24-39(37)42(40)29-33/h2*1-30H;1-29H. The van der Waals surface area contributed by atoms with Crippen molar-refractivity contribution in [3.63, 3.8) is 0 Å². The molecular weight excluding hydrogens is 1740 g/mol. The first-order valence-electron chi connectivity index (χ1n) is 48.9. The quantitative estimate of drug-likeness (QED) is 0.0945. The second-order valence-electron chi connectivity index (χ2n) is 36.4. The molecule has 3 aromatic heterocycles. The van der Waals surface area contributed by atoms with Crippen LogP contribution in [-0.4, -0.2) is 34.9 Å². The summed E-state index contributed by atoms with van der Waals surface area (Å²) in [4.78, 5) is 35.4. The highest BCUT2D eigenvalue weighted by Gasteiger charge is 2.23. The maximum Gasteiger partial charge on any atom is 0.164 e. The summed E-state index contributed by atoms with van der Waals surface area (Å²) in [5.41, 5.74) is 26.5. The Morgan fingerprint density at radius 2 is 0.264 bits per heavy atom. The SMILES string of the molecule is c1ccc(-c2cc(-c3ccccc3)nc(-c3ccccc3-c3cccc(-c4ccc5c6ccccc6c6ccccc6c5c4)c3)n2)cc1.c1ccc(-c2cc(-c3ccccc3-c3cccc(-c4ccc5c6ccccc6c6ccccc6c5c4)c3)nc(-c3ccccc3)n2)cc1.c1ccc(-c2nc(-c3ccccc3)nc(-c3ccccc3-c3cccc(-c4ccc5c6ccccc6c6ccccc6c5c4)c3)n2)cc1. The lowest BCUT2D eigenvalue weighted by Gasteiger charge is -2.14. The second kappa shape index (κ2) is 38.3. The molecule has 24 aromatic carbocycles. The zero-order valence-electron chi connectivity index (χ0n) is 78.5. The largest absolute Gasteiger partial charge is 0.228 e. The number of fused-ring (bicyclic) bond motifs is 18. The fourth-order valence-electron chi connectivity index (χ4n) is 20.7. The highest BCUT2D eigenvalue weighted by Crippen LogP contribution is 2.46. The lowest BCUT2D eigenvalue weighted by molar-refractivity contribution is 1.07. The topological polar surface area (TPSA) is 90.2 Å². The predicted molar refractivity (Wildman–Crippen MR) is 603 cm³/mol. The summed E-state index contributed by atoms with van der Waals surface area (Å²) >= 11 is 0. The average Bonchev–Trinajstić information content (AvgIpc) is 0.743. The molecule has 0 unspecified atom stereocenters. The van der Waals surface area contributed by atoms with Crippen LogP contribution in [0.2, 0.25) is 0 Å². The molecule has 27 rings (SSSR count). The third kappa shape index (κ3) is 16.8. The van der Waals surface area contributed by atoms with Gasteiger partial charge in [0.25, 0.3) is 0 Å². The number of aromatic nitrogens is 7. The molecule has 0 spiro atoms. The molecule has 0 atom stereocenters. The van der Waals surface area contributed by atoms with Gasteiger partial charge in [0, 0.05) is 50.1 Å². The van der Waals surface area contributed by atoms with Crippen LogP contribution in [0.5, 0.6) is 0 Å². The van der Waals surface area contributed by atoms with Gasteiger partial charge in [-0.2, -0.15) is 0 Å². The van der Waals surface area contributed by atoms with Crippen LogP contribution in [0.3, 0.4) is 0 Å². The summed E-state index contributed by atoms with van der Waals surface area (Å²) in [6.07, 6.45) is 0. The Morgan fingerprint density at radius 1 is 0.0833 bits per heavy atom. The van der Waals surface area contributed by atoms with Crippen molar-refractivity contribution in [1.82, 2.24) is 34.9 Å². The van der Waals surface area contributed by atoms with E-state index < -0.39 is 0 Å². The van der Waals surface area contributed by atoms with Gasteiger partial charge in [-0.15, -0.1) is 0 Å². The minimum absolute atomic E-state index is 0.646. The van der Waals surface area contributed by atoms with E-state index >= 15 is 0 Å². The van der Waals surface area contributed by atoms with Crippen LogP contribution in [0.4, 0.5) is 0 Å². The lowest BCUT2D eigenvalue weighted by Crippen LogP contribution is -2.01. The van der Waals surface area contributed by atoms with Gasteiger partial charge in [0.1, 0.15) is 0 Å². The van der Waals surface area contributed by atoms with Crippen molar-refractivity contribution in [2.75, 3.05) is 0 Å². The summed E-state index contributed by atoms with van der Waals surface area (Å²) in [7, 11) is 0. The van der Waals surface area contributed by atoms with Gasteiger partial charge in [-0.1, -0.05) is 491 Å². The Hall–Kier alpha value is -19.2. The van der Waals surface area contributed by atoms with Crippen molar-refractivity contribution in [2.24, 2.45) is 0 Å².